The lowest BCUT2D eigenvalue weighted by molar-refractivity contribution is 1.31. The van der Waals surface area contributed by atoms with Gasteiger partial charge in [0.2, 0.25) is 0 Å². The van der Waals surface area contributed by atoms with Gasteiger partial charge in [0.05, 0.1) is 11.0 Å². The average Bonchev–Trinajstić information content (AvgIpc) is 3.44. The highest BCUT2D eigenvalue weighted by atomic mass is 14.8. The van der Waals surface area contributed by atoms with E-state index in [1.54, 1.807) is 12.4 Å². The average molecular weight is 887 g/mol. The molecule has 0 N–H and O–H groups in total. The Morgan fingerprint density at radius 1 is 0.186 bits per heavy atom. The molecule has 70 heavy (non-hydrogen) atoms. The Hall–Kier alpha value is -9.24. The van der Waals surface area contributed by atoms with Crippen molar-refractivity contribution in [3.05, 3.63) is 255 Å². The van der Waals surface area contributed by atoms with Crippen LogP contribution in [0.3, 0.4) is 0 Å². The molecule has 0 aliphatic heterocycles. The number of aromatic nitrogens is 2. The Bertz CT molecular complexity index is 4150. The molecule has 1 heterocycles. The molecule has 14 rings (SSSR count). The van der Waals surface area contributed by atoms with Gasteiger partial charge >= 0.3 is 0 Å². The monoisotopic (exact) mass is 886 g/mol. The molecule has 0 unspecified atom stereocenters. The van der Waals surface area contributed by atoms with Gasteiger partial charge in [0.25, 0.3) is 0 Å². The van der Waals surface area contributed by atoms with E-state index in [0.29, 0.717) is 0 Å². The van der Waals surface area contributed by atoms with Gasteiger partial charge in [-0.3, -0.25) is 9.97 Å². The molecule has 13 aromatic carbocycles. The molecule has 0 amide bonds. The van der Waals surface area contributed by atoms with E-state index in [9.17, 15) is 0 Å². The normalized spacial score (nSPS) is 11.7. The van der Waals surface area contributed by atoms with Crippen LogP contribution in [0.2, 0.25) is 0 Å². The maximum Gasteiger partial charge on any atom is 0.0971 e. The van der Waals surface area contributed by atoms with E-state index in [0.717, 1.165) is 54.8 Å². The lowest BCUT2D eigenvalue weighted by Crippen LogP contribution is -1.90. The van der Waals surface area contributed by atoms with E-state index in [4.69, 9.17) is 9.97 Å². The van der Waals surface area contributed by atoms with Crippen molar-refractivity contribution in [3.8, 4) is 66.8 Å². The molecule has 0 saturated carbocycles. The van der Waals surface area contributed by atoms with E-state index in [-0.39, 0.29) is 0 Å². The first-order valence-electron chi connectivity index (χ1n) is 24.0. The van der Waals surface area contributed by atoms with Gasteiger partial charge in [0.15, 0.2) is 0 Å². The third-order valence-corrected chi connectivity index (χ3v) is 14.5. The summed E-state index contributed by atoms with van der Waals surface area (Å²) in [6.45, 7) is 0. The first-order chi connectivity index (χ1) is 34.7. The van der Waals surface area contributed by atoms with Gasteiger partial charge in [-0.2, -0.15) is 0 Å². The molecular formula is C68H42N2. The predicted molar refractivity (Wildman–Crippen MR) is 297 cm³/mol. The summed E-state index contributed by atoms with van der Waals surface area (Å²) in [4.78, 5) is 9.81. The Balaban J connectivity index is 0.841. The fraction of sp³-hybridized carbons (Fsp3) is 0. The highest BCUT2D eigenvalue weighted by Gasteiger charge is 2.16. The van der Waals surface area contributed by atoms with Crippen molar-refractivity contribution in [1.82, 2.24) is 9.97 Å². The van der Waals surface area contributed by atoms with Crippen LogP contribution in [0.4, 0.5) is 0 Å². The summed E-state index contributed by atoms with van der Waals surface area (Å²) in [6, 6.07) is 89.2. The second-order valence-electron chi connectivity index (χ2n) is 18.5. The standard InChI is InChI=1S/C68H42N2/c1-3-21-55-43(11-1)27-31-61-57(23-9-25-59(55)61)53-19-7-17-49(39-53)45-13-5-15-47(37-45)51-29-33-63-65(41-51)66-42-52(30-34-64(66)68-67(63)69-35-36-70-68)48-16-6-14-46(38-48)50-18-8-20-54(40-50)58-24-10-26-60-56-22-4-2-12-44(56)28-32-62(58)60/h1-42H. The first-order valence-corrected chi connectivity index (χ1v) is 24.0. The van der Waals surface area contributed by atoms with Crippen LogP contribution in [-0.4, -0.2) is 9.97 Å². The Morgan fingerprint density at radius 2 is 0.514 bits per heavy atom. The van der Waals surface area contributed by atoms with E-state index in [1.165, 1.54) is 87.6 Å². The van der Waals surface area contributed by atoms with Crippen LogP contribution in [-0.2, 0) is 0 Å². The van der Waals surface area contributed by atoms with Gasteiger partial charge in [-0.15, -0.1) is 0 Å². The summed E-state index contributed by atoms with van der Waals surface area (Å²) >= 11 is 0. The topological polar surface area (TPSA) is 25.8 Å². The van der Waals surface area contributed by atoms with Crippen LogP contribution in [0.1, 0.15) is 0 Å². The summed E-state index contributed by atoms with van der Waals surface area (Å²) in [5.41, 5.74) is 16.1. The minimum Gasteiger partial charge on any atom is -0.252 e. The summed E-state index contributed by atoms with van der Waals surface area (Å²) < 4.78 is 0. The fourth-order valence-electron chi connectivity index (χ4n) is 11.1. The van der Waals surface area contributed by atoms with Gasteiger partial charge in [-0.05, 0) is 157 Å². The smallest absolute Gasteiger partial charge is 0.0971 e. The molecule has 2 heteroatoms. The zero-order valence-corrected chi connectivity index (χ0v) is 38.1. The number of fused-ring (bicyclic) bond motifs is 12. The Kier molecular flexibility index (Phi) is 9.25. The van der Waals surface area contributed by atoms with Crippen molar-refractivity contribution in [2.75, 3.05) is 0 Å². The molecule has 0 fully saturated rings. The molecule has 324 valence electrons. The van der Waals surface area contributed by atoms with Gasteiger partial charge in [-0.1, -0.05) is 206 Å². The third kappa shape index (κ3) is 6.64. The highest BCUT2D eigenvalue weighted by Crippen LogP contribution is 2.41. The van der Waals surface area contributed by atoms with Gasteiger partial charge in [0.1, 0.15) is 0 Å². The lowest BCUT2D eigenvalue weighted by Gasteiger charge is -2.14. The Morgan fingerprint density at radius 3 is 0.943 bits per heavy atom. The van der Waals surface area contributed by atoms with E-state index < -0.39 is 0 Å². The molecule has 0 aliphatic rings. The number of benzene rings is 13. The van der Waals surface area contributed by atoms with Gasteiger partial charge in [-0.25, -0.2) is 0 Å². The number of hydrogen-bond donors (Lipinski definition) is 0. The third-order valence-electron chi connectivity index (χ3n) is 14.5. The van der Waals surface area contributed by atoms with Crippen molar-refractivity contribution >= 4 is 75.7 Å². The fourth-order valence-corrected chi connectivity index (χ4v) is 11.1. The van der Waals surface area contributed by atoms with Crippen LogP contribution < -0.4 is 0 Å². The zero-order valence-electron chi connectivity index (χ0n) is 38.1. The molecule has 0 aliphatic carbocycles. The van der Waals surface area contributed by atoms with Crippen molar-refractivity contribution in [1.29, 1.82) is 0 Å². The zero-order chi connectivity index (χ0) is 46.1. The number of rotatable bonds is 6. The number of hydrogen-bond acceptors (Lipinski definition) is 2. The molecule has 0 bridgehead atoms. The minimum absolute atomic E-state index is 0.914. The van der Waals surface area contributed by atoms with Gasteiger partial charge < -0.3 is 0 Å². The largest absolute Gasteiger partial charge is 0.252 e. The molecule has 2 nitrogen and oxygen atoms in total. The van der Waals surface area contributed by atoms with Crippen LogP contribution in [0.5, 0.6) is 0 Å². The summed E-state index contributed by atoms with van der Waals surface area (Å²) in [5.74, 6) is 0. The quantitative estimate of drug-likeness (QED) is 0.156. The molecule has 0 saturated heterocycles. The summed E-state index contributed by atoms with van der Waals surface area (Å²) in [7, 11) is 0. The van der Waals surface area contributed by atoms with Crippen molar-refractivity contribution in [2.45, 2.75) is 0 Å². The second kappa shape index (κ2) is 16.2. The van der Waals surface area contributed by atoms with Crippen LogP contribution in [0, 0.1) is 0 Å². The summed E-state index contributed by atoms with van der Waals surface area (Å²) in [6.07, 6.45) is 3.60. The molecule has 14 aromatic rings. The predicted octanol–water partition coefficient (Wildman–Crippen LogP) is 18.6. The van der Waals surface area contributed by atoms with E-state index in [2.05, 4.69) is 243 Å². The van der Waals surface area contributed by atoms with Crippen LogP contribution in [0.15, 0.2) is 255 Å². The minimum atomic E-state index is 0.914. The van der Waals surface area contributed by atoms with Crippen molar-refractivity contribution in [3.63, 3.8) is 0 Å². The molecule has 0 spiro atoms. The maximum atomic E-state index is 4.90. The number of nitrogens with zero attached hydrogens (tertiary/aromatic N) is 2. The van der Waals surface area contributed by atoms with Crippen LogP contribution >= 0.6 is 0 Å². The molecular weight excluding hydrogens is 845 g/mol. The van der Waals surface area contributed by atoms with Crippen molar-refractivity contribution in [2.24, 2.45) is 0 Å². The van der Waals surface area contributed by atoms with E-state index >= 15 is 0 Å². The maximum absolute atomic E-state index is 4.90. The van der Waals surface area contributed by atoms with Crippen LogP contribution in [0.25, 0.3) is 142 Å². The first kappa shape index (κ1) is 39.9. The lowest BCUT2D eigenvalue weighted by atomic mass is 9.91. The van der Waals surface area contributed by atoms with Crippen molar-refractivity contribution < 1.29 is 0 Å². The van der Waals surface area contributed by atoms with E-state index in [1.807, 2.05) is 0 Å². The molecule has 0 radical (unpaired) electrons. The van der Waals surface area contributed by atoms with Gasteiger partial charge in [0, 0.05) is 23.2 Å². The summed E-state index contributed by atoms with van der Waals surface area (Å²) in [5, 5.41) is 14.7. The second-order valence-corrected chi connectivity index (χ2v) is 18.5. The highest BCUT2D eigenvalue weighted by molar-refractivity contribution is 6.24. The molecule has 1 aromatic heterocycles. The Labute approximate surface area is 405 Å². The SMILES string of the molecule is c1cc(-c2cccc(-c3cccc4c3ccc3ccccc34)c2)cc(-c2ccc3c(c2)c2cc(-c4cccc(-c5cccc(-c6cccc7c6ccc6ccccc67)c5)c4)ccc2c2nccnc32)c1. The molecule has 0 atom stereocenters.